The standard InChI is InChI=1S/C13H24O3/c1-5-16-12(14)8-10-13(4,15)9-6-7-11(2)3/h7,15H,5-6,8-10H2,1-4H3. The second-order valence-electron chi connectivity index (χ2n) is 4.62. The Morgan fingerprint density at radius 3 is 2.50 bits per heavy atom. The summed E-state index contributed by atoms with van der Waals surface area (Å²) < 4.78 is 4.82. The van der Waals surface area contributed by atoms with Crippen molar-refractivity contribution in [2.24, 2.45) is 0 Å². The summed E-state index contributed by atoms with van der Waals surface area (Å²) in [4.78, 5) is 11.1. The minimum absolute atomic E-state index is 0.231. The molecule has 0 rings (SSSR count). The van der Waals surface area contributed by atoms with Crippen LogP contribution >= 0.6 is 0 Å². The lowest BCUT2D eigenvalue weighted by molar-refractivity contribution is -0.144. The molecule has 3 nitrogen and oxygen atoms in total. The van der Waals surface area contributed by atoms with Gasteiger partial charge in [0.25, 0.3) is 0 Å². The van der Waals surface area contributed by atoms with Crippen molar-refractivity contribution in [3.63, 3.8) is 0 Å². The predicted molar refractivity (Wildman–Crippen MR) is 65.2 cm³/mol. The highest BCUT2D eigenvalue weighted by Gasteiger charge is 2.20. The number of esters is 1. The third-order valence-corrected chi connectivity index (χ3v) is 2.41. The summed E-state index contributed by atoms with van der Waals surface area (Å²) in [5.41, 5.74) is 0.472. The number of ether oxygens (including phenoxy) is 1. The van der Waals surface area contributed by atoms with Crippen LogP contribution in [-0.4, -0.2) is 23.3 Å². The van der Waals surface area contributed by atoms with E-state index in [0.717, 1.165) is 6.42 Å². The van der Waals surface area contributed by atoms with Crippen molar-refractivity contribution < 1.29 is 14.6 Å². The van der Waals surface area contributed by atoms with E-state index in [2.05, 4.69) is 6.08 Å². The monoisotopic (exact) mass is 228 g/mol. The molecular weight excluding hydrogens is 204 g/mol. The number of hydrogen-bond acceptors (Lipinski definition) is 3. The lowest BCUT2D eigenvalue weighted by Gasteiger charge is -2.22. The normalized spacial score (nSPS) is 14.1. The number of hydrogen-bond donors (Lipinski definition) is 1. The van der Waals surface area contributed by atoms with Gasteiger partial charge in [-0.25, -0.2) is 0 Å². The van der Waals surface area contributed by atoms with Gasteiger partial charge in [-0.2, -0.15) is 0 Å². The van der Waals surface area contributed by atoms with Gasteiger partial charge in [0, 0.05) is 6.42 Å². The summed E-state index contributed by atoms with van der Waals surface area (Å²) in [5, 5.41) is 10.0. The lowest BCUT2D eigenvalue weighted by Crippen LogP contribution is -2.25. The fraction of sp³-hybridized carbons (Fsp3) is 0.769. The van der Waals surface area contributed by atoms with Crippen LogP contribution in [0.4, 0.5) is 0 Å². The zero-order chi connectivity index (χ0) is 12.6. The molecule has 0 radical (unpaired) electrons. The molecule has 0 spiro atoms. The molecule has 0 heterocycles. The van der Waals surface area contributed by atoms with E-state index >= 15 is 0 Å². The molecule has 0 aromatic carbocycles. The van der Waals surface area contributed by atoms with Crippen molar-refractivity contribution in [1.82, 2.24) is 0 Å². The quantitative estimate of drug-likeness (QED) is 0.538. The van der Waals surface area contributed by atoms with Gasteiger partial charge in [-0.15, -0.1) is 0 Å². The molecule has 0 aliphatic heterocycles. The SMILES string of the molecule is CCOC(=O)CCC(C)(O)CCC=C(C)C. The van der Waals surface area contributed by atoms with Crippen LogP contribution in [-0.2, 0) is 9.53 Å². The van der Waals surface area contributed by atoms with Crippen molar-refractivity contribution in [3.8, 4) is 0 Å². The molecule has 3 heteroatoms. The Labute approximate surface area is 98.5 Å². The second kappa shape index (κ2) is 7.44. The fourth-order valence-electron chi connectivity index (χ4n) is 1.40. The maximum atomic E-state index is 11.1. The molecule has 0 aliphatic carbocycles. The molecule has 0 amide bonds. The van der Waals surface area contributed by atoms with Crippen molar-refractivity contribution in [2.45, 2.75) is 59.0 Å². The highest BCUT2D eigenvalue weighted by Crippen LogP contribution is 2.19. The first-order valence-electron chi connectivity index (χ1n) is 5.89. The maximum Gasteiger partial charge on any atom is 0.305 e. The van der Waals surface area contributed by atoms with Gasteiger partial charge in [-0.05, 0) is 47.0 Å². The first-order valence-corrected chi connectivity index (χ1v) is 5.89. The molecule has 1 unspecified atom stereocenters. The molecular formula is C13H24O3. The first kappa shape index (κ1) is 15.2. The number of aliphatic hydroxyl groups is 1. The number of rotatable bonds is 7. The summed E-state index contributed by atoms with van der Waals surface area (Å²) >= 11 is 0. The Morgan fingerprint density at radius 2 is 2.00 bits per heavy atom. The Balaban J connectivity index is 3.86. The van der Waals surface area contributed by atoms with Crippen LogP contribution in [0.25, 0.3) is 0 Å². The smallest absolute Gasteiger partial charge is 0.305 e. The summed E-state index contributed by atoms with van der Waals surface area (Å²) in [6.07, 6.45) is 4.37. The third-order valence-electron chi connectivity index (χ3n) is 2.41. The van der Waals surface area contributed by atoms with Gasteiger partial charge in [-0.3, -0.25) is 4.79 Å². The fourth-order valence-corrected chi connectivity index (χ4v) is 1.40. The van der Waals surface area contributed by atoms with Gasteiger partial charge < -0.3 is 9.84 Å². The summed E-state index contributed by atoms with van der Waals surface area (Å²) in [6.45, 7) is 8.02. The zero-order valence-corrected chi connectivity index (χ0v) is 10.9. The van der Waals surface area contributed by atoms with Crippen molar-refractivity contribution in [1.29, 1.82) is 0 Å². The van der Waals surface area contributed by atoms with E-state index in [0.29, 0.717) is 19.4 Å². The number of allylic oxidation sites excluding steroid dienone is 2. The summed E-state index contributed by atoms with van der Waals surface area (Å²) in [6, 6.07) is 0. The molecule has 94 valence electrons. The van der Waals surface area contributed by atoms with Gasteiger partial charge in [0.1, 0.15) is 0 Å². The minimum atomic E-state index is -0.779. The van der Waals surface area contributed by atoms with E-state index in [1.807, 2.05) is 13.8 Å². The van der Waals surface area contributed by atoms with Crippen LogP contribution in [0.3, 0.4) is 0 Å². The third kappa shape index (κ3) is 8.48. The highest BCUT2D eigenvalue weighted by molar-refractivity contribution is 5.69. The lowest BCUT2D eigenvalue weighted by atomic mass is 9.94. The van der Waals surface area contributed by atoms with Crippen LogP contribution in [0.5, 0.6) is 0 Å². The topological polar surface area (TPSA) is 46.5 Å². The zero-order valence-electron chi connectivity index (χ0n) is 10.9. The predicted octanol–water partition coefficient (Wildman–Crippen LogP) is 2.83. The van der Waals surface area contributed by atoms with Gasteiger partial charge in [-0.1, -0.05) is 11.6 Å². The van der Waals surface area contributed by atoms with Crippen LogP contribution in [0.15, 0.2) is 11.6 Å². The Bertz CT molecular complexity index is 238. The maximum absolute atomic E-state index is 11.1. The van der Waals surface area contributed by atoms with Crippen LogP contribution < -0.4 is 0 Å². The molecule has 0 aliphatic rings. The van der Waals surface area contributed by atoms with Gasteiger partial charge in [0.05, 0.1) is 12.2 Å². The average molecular weight is 228 g/mol. The largest absolute Gasteiger partial charge is 0.466 e. The second-order valence-corrected chi connectivity index (χ2v) is 4.62. The van der Waals surface area contributed by atoms with E-state index in [1.54, 1.807) is 13.8 Å². The van der Waals surface area contributed by atoms with Gasteiger partial charge in [0.2, 0.25) is 0 Å². The summed E-state index contributed by atoms with van der Waals surface area (Å²) in [7, 11) is 0. The van der Waals surface area contributed by atoms with Crippen molar-refractivity contribution >= 4 is 5.97 Å². The van der Waals surface area contributed by atoms with E-state index in [-0.39, 0.29) is 12.4 Å². The highest BCUT2D eigenvalue weighted by atomic mass is 16.5. The molecule has 0 saturated heterocycles. The minimum Gasteiger partial charge on any atom is -0.466 e. The number of carbonyl (C=O) groups excluding carboxylic acids is 1. The molecule has 16 heavy (non-hydrogen) atoms. The molecule has 0 bridgehead atoms. The Hall–Kier alpha value is -0.830. The first-order chi connectivity index (χ1) is 7.37. The van der Waals surface area contributed by atoms with E-state index in [9.17, 15) is 9.90 Å². The van der Waals surface area contributed by atoms with Crippen LogP contribution in [0.1, 0.15) is 53.4 Å². The molecule has 0 fully saturated rings. The van der Waals surface area contributed by atoms with E-state index in [4.69, 9.17) is 4.74 Å². The molecule has 0 aromatic heterocycles. The molecule has 1 N–H and O–H groups in total. The van der Waals surface area contributed by atoms with E-state index < -0.39 is 5.60 Å². The van der Waals surface area contributed by atoms with Crippen molar-refractivity contribution in [3.05, 3.63) is 11.6 Å². The molecule has 0 aromatic rings. The molecule has 0 saturated carbocycles. The van der Waals surface area contributed by atoms with Crippen LogP contribution in [0, 0.1) is 0 Å². The Kier molecular flexibility index (Phi) is 7.06. The van der Waals surface area contributed by atoms with Crippen LogP contribution in [0.2, 0.25) is 0 Å². The van der Waals surface area contributed by atoms with Gasteiger partial charge in [0.15, 0.2) is 0 Å². The van der Waals surface area contributed by atoms with E-state index in [1.165, 1.54) is 5.57 Å². The van der Waals surface area contributed by atoms with Crippen molar-refractivity contribution in [2.75, 3.05) is 6.61 Å². The summed E-state index contributed by atoms with van der Waals surface area (Å²) in [5.74, 6) is -0.231. The average Bonchev–Trinajstić information content (AvgIpc) is 2.14. The van der Waals surface area contributed by atoms with Gasteiger partial charge >= 0.3 is 5.97 Å². The number of carbonyl (C=O) groups is 1. The molecule has 1 atom stereocenters. The Morgan fingerprint density at radius 1 is 1.38 bits per heavy atom.